The summed E-state index contributed by atoms with van der Waals surface area (Å²) in [4.78, 5) is 23.1. The maximum atomic E-state index is 11.7. The second-order valence-corrected chi connectivity index (χ2v) is 5.07. The number of carbonyl (C=O) groups excluding carboxylic acids is 2. The van der Waals surface area contributed by atoms with Crippen LogP contribution in [0, 0.1) is 0 Å². The van der Waals surface area contributed by atoms with E-state index < -0.39 is 5.97 Å². The highest BCUT2D eigenvalue weighted by Crippen LogP contribution is 2.28. The number of hydrogen-bond donors (Lipinski definition) is 0. The van der Waals surface area contributed by atoms with E-state index in [1.165, 1.54) is 6.08 Å². The van der Waals surface area contributed by atoms with Crippen LogP contribution in [0.1, 0.15) is 25.3 Å². The zero-order chi connectivity index (χ0) is 17.8. The van der Waals surface area contributed by atoms with Gasteiger partial charge in [-0.05, 0) is 37.5 Å². The third-order valence-electron chi connectivity index (χ3n) is 3.28. The van der Waals surface area contributed by atoms with Gasteiger partial charge in [0.15, 0.2) is 17.3 Å². The lowest BCUT2D eigenvalue weighted by atomic mass is 10.1. The molecule has 0 heterocycles. The van der Waals surface area contributed by atoms with E-state index in [9.17, 15) is 9.59 Å². The minimum Gasteiger partial charge on any atom is -0.493 e. The molecule has 1 aromatic carbocycles. The number of methoxy groups -OCH3 is 2. The first kappa shape index (κ1) is 19.5. The average Bonchev–Trinajstić information content (AvgIpc) is 2.60. The number of hydrogen-bond acceptors (Lipinski definition) is 5. The molecule has 0 aliphatic rings. The summed E-state index contributed by atoms with van der Waals surface area (Å²) in [6.45, 7) is 1.66. The van der Waals surface area contributed by atoms with Crippen LogP contribution in [0.2, 0.25) is 0 Å². The summed E-state index contributed by atoms with van der Waals surface area (Å²) in [7, 11) is 3.18. The number of carbonyl (C=O) groups is 2. The minimum absolute atomic E-state index is 0.0942. The summed E-state index contributed by atoms with van der Waals surface area (Å²) in [5.41, 5.74) is 1.06. The van der Waals surface area contributed by atoms with Crippen molar-refractivity contribution >= 4 is 11.8 Å². The van der Waals surface area contributed by atoms with Gasteiger partial charge in [0, 0.05) is 12.5 Å². The van der Waals surface area contributed by atoms with Crippen LogP contribution in [0.5, 0.6) is 11.5 Å². The maximum absolute atomic E-state index is 11.7. The van der Waals surface area contributed by atoms with Crippen LogP contribution < -0.4 is 9.47 Å². The Labute approximate surface area is 142 Å². The number of allylic oxidation sites excluding steroid dienone is 3. The number of benzene rings is 1. The van der Waals surface area contributed by atoms with Gasteiger partial charge in [-0.1, -0.05) is 24.3 Å². The van der Waals surface area contributed by atoms with E-state index in [-0.39, 0.29) is 12.4 Å². The van der Waals surface area contributed by atoms with Crippen molar-refractivity contribution in [1.29, 1.82) is 0 Å². The number of Topliss-reactive ketones (excluding diaryl/α,β-unsaturated/α-hetero) is 1. The number of ether oxygens (including phenoxy) is 3. The molecule has 0 atom stereocenters. The molecule has 0 N–H and O–H groups in total. The Morgan fingerprint density at radius 1 is 1.08 bits per heavy atom. The first-order chi connectivity index (χ1) is 11.6. The molecule has 5 nitrogen and oxygen atoms in total. The highest BCUT2D eigenvalue weighted by atomic mass is 16.5. The monoisotopic (exact) mass is 332 g/mol. The van der Waals surface area contributed by atoms with E-state index in [1.54, 1.807) is 32.4 Å². The van der Waals surface area contributed by atoms with E-state index in [0.29, 0.717) is 24.3 Å². The van der Waals surface area contributed by atoms with Crippen molar-refractivity contribution in [1.82, 2.24) is 0 Å². The number of ketones is 1. The SMILES string of the molecule is C/C=C/C=C/C(=O)OCC(=O)CCCc1ccc(OC)c(OC)c1. The van der Waals surface area contributed by atoms with Crippen LogP contribution in [0.15, 0.2) is 42.5 Å². The van der Waals surface area contributed by atoms with E-state index >= 15 is 0 Å². The molecule has 0 aliphatic carbocycles. The lowest BCUT2D eigenvalue weighted by Gasteiger charge is -2.09. The average molecular weight is 332 g/mol. The van der Waals surface area contributed by atoms with Gasteiger partial charge in [-0.3, -0.25) is 4.79 Å². The lowest BCUT2D eigenvalue weighted by Crippen LogP contribution is -2.12. The highest BCUT2D eigenvalue weighted by molar-refractivity contribution is 5.86. The second kappa shape index (κ2) is 11.0. The molecule has 0 fully saturated rings. The fourth-order valence-electron chi connectivity index (χ4n) is 2.04. The minimum atomic E-state index is -0.513. The molecule has 0 aliphatic heterocycles. The molecule has 1 rings (SSSR count). The van der Waals surface area contributed by atoms with Gasteiger partial charge < -0.3 is 14.2 Å². The zero-order valence-corrected chi connectivity index (χ0v) is 14.4. The van der Waals surface area contributed by atoms with E-state index in [2.05, 4.69) is 0 Å². The maximum Gasteiger partial charge on any atom is 0.331 e. The summed E-state index contributed by atoms with van der Waals surface area (Å²) in [6, 6.07) is 5.68. The molecule has 0 unspecified atom stereocenters. The molecular weight excluding hydrogens is 308 g/mol. The fraction of sp³-hybridized carbons (Fsp3) is 0.368. The topological polar surface area (TPSA) is 61.8 Å². The molecule has 0 amide bonds. The molecule has 0 aromatic heterocycles. The number of rotatable bonds is 10. The fourth-order valence-corrected chi connectivity index (χ4v) is 2.04. The molecule has 0 spiro atoms. The predicted molar refractivity (Wildman–Crippen MR) is 92.4 cm³/mol. The molecule has 130 valence electrons. The highest BCUT2D eigenvalue weighted by Gasteiger charge is 2.07. The van der Waals surface area contributed by atoms with Gasteiger partial charge in [-0.25, -0.2) is 4.79 Å². The smallest absolute Gasteiger partial charge is 0.331 e. The van der Waals surface area contributed by atoms with Crippen molar-refractivity contribution in [2.75, 3.05) is 20.8 Å². The van der Waals surface area contributed by atoms with E-state index in [1.807, 2.05) is 25.1 Å². The number of aryl methyl sites for hydroxylation is 1. The van der Waals surface area contributed by atoms with Crippen LogP contribution in [-0.4, -0.2) is 32.6 Å². The Morgan fingerprint density at radius 3 is 2.50 bits per heavy atom. The normalized spacial score (nSPS) is 11.0. The first-order valence-electron chi connectivity index (χ1n) is 7.79. The molecular formula is C19H24O5. The Kier molecular flexibility index (Phi) is 8.97. The van der Waals surface area contributed by atoms with E-state index in [0.717, 1.165) is 12.0 Å². The third-order valence-corrected chi connectivity index (χ3v) is 3.28. The van der Waals surface area contributed by atoms with Crippen LogP contribution >= 0.6 is 0 Å². The molecule has 5 heteroatoms. The van der Waals surface area contributed by atoms with Gasteiger partial charge in [0.1, 0.15) is 6.61 Å². The lowest BCUT2D eigenvalue weighted by molar-refractivity contribution is -0.143. The molecule has 0 saturated carbocycles. The zero-order valence-electron chi connectivity index (χ0n) is 14.4. The quantitative estimate of drug-likeness (QED) is 0.374. The Balaban J connectivity index is 2.34. The molecule has 1 aromatic rings. The van der Waals surface area contributed by atoms with Crippen molar-refractivity contribution in [2.45, 2.75) is 26.2 Å². The predicted octanol–water partition coefficient (Wildman–Crippen LogP) is 3.27. The molecule has 24 heavy (non-hydrogen) atoms. The summed E-state index contributed by atoms with van der Waals surface area (Å²) >= 11 is 0. The van der Waals surface area contributed by atoms with Crippen molar-refractivity contribution in [3.8, 4) is 11.5 Å². The van der Waals surface area contributed by atoms with Crippen molar-refractivity contribution in [3.05, 3.63) is 48.1 Å². The molecule has 0 radical (unpaired) electrons. The van der Waals surface area contributed by atoms with Crippen LogP contribution in [0.3, 0.4) is 0 Å². The Bertz CT molecular complexity index is 602. The Hall–Kier alpha value is -2.56. The summed E-state index contributed by atoms with van der Waals surface area (Å²) < 4.78 is 15.3. The standard InChI is InChI=1S/C19H24O5/c1-4-5-6-10-19(21)24-14-16(20)9-7-8-15-11-12-17(22-2)18(13-15)23-3/h4-6,10-13H,7-9,14H2,1-3H3/b5-4+,10-6+. The van der Waals surface area contributed by atoms with Crippen LogP contribution in [0.4, 0.5) is 0 Å². The molecule has 0 saturated heterocycles. The molecule has 0 bridgehead atoms. The van der Waals surface area contributed by atoms with E-state index in [4.69, 9.17) is 14.2 Å². The number of esters is 1. The van der Waals surface area contributed by atoms with Crippen molar-refractivity contribution in [3.63, 3.8) is 0 Å². The Morgan fingerprint density at radius 2 is 1.83 bits per heavy atom. The van der Waals surface area contributed by atoms with Gasteiger partial charge in [-0.2, -0.15) is 0 Å². The largest absolute Gasteiger partial charge is 0.493 e. The van der Waals surface area contributed by atoms with Gasteiger partial charge in [0.2, 0.25) is 0 Å². The van der Waals surface area contributed by atoms with Crippen molar-refractivity contribution in [2.24, 2.45) is 0 Å². The van der Waals surface area contributed by atoms with Gasteiger partial charge in [0.25, 0.3) is 0 Å². The summed E-state index contributed by atoms with van der Waals surface area (Å²) in [5, 5.41) is 0. The van der Waals surface area contributed by atoms with Gasteiger partial charge >= 0.3 is 5.97 Å². The van der Waals surface area contributed by atoms with Crippen molar-refractivity contribution < 1.29 is 23.8 Å². The van der Waals surface area contributed by atoms with Crippen LogP contribution in [-0.2, 0) is 20.7 Å². The van der Waals surface area contributed by atoms with Gasteiger partial charge in [0.05, 0.1) is 14.2 Å². The summed E-state index contributed by atoms with van der Waals surface area (Å²) in [5.74, 6) is 0.739. The summed E-state index contributed by atoms with van der Waals surface area (Å²) in [6.07, 6.45) is 8.15. The first-order valence-corrected chi connectivity index (χ1v) is 7.79. The van der Waals surface area contributed by atoms with Crippen LogP contribution in [0.25, 0.3) is 0 Å². The second-order valence-electron chi connectivity index (χ2n) is 5.07. The third kappa shape index (κ3) is 7.13. The van der Waals surface area contributed by atoms with Gasteiger partial charge in [-0.15, -0.1) is 0 Å².